The van der Waals surface area contributed by atoms with Crippen LogP contribution in [0.25, 0.3) is 0 Å². The third-order valence-corrected chi connectivity index (χ3v) is 3.66. The number of unbranched alkanes of at least 4 members (excludes halogenated alkanes) is 7. The Labute approximate surface area is 134 Å². The SMILES string of the molecule is CCCCCCCCCC(CCC/C=C/C=C/C(=O)O)OO. The fourth-order valence-corrected chi connectivity index (χ4v) is 2.35. The minimum atomic E-state index is -0.937. The van der Waals surface area contributed by atoms with Crippen LogP contribution in [0.2, 0.25) is 0 Å². The Morgan fingerprint density at radius 3 is 2.27 bits per heavy atom. The van der Waals surface area contributed by atoms with Gasteiger partial charge in [-0.15, -0.1) is 0 Å². The first-order chi connectivity index (χ1) is 10.7. The molecule has 0 bridgehead atoms. The van der Waals surface area contributed by atoms with Gasteiger partial charge in [-0.1, -0.05) is 70.1 Å². The molecule has 128 valence electrons. The first kappa shape index (κ1) is 20.9. The minimum absolute atomic E-state index is 0.0707. The second-order valence-corrected chi connectivity index (χ2v) is 5.69. The van der Waals surface area contributed by atoms with Gasteiger partial charge in [0.2, 0.25) is 0 Å². The summed E-state index contributed by atoms with van der Waals surface area (Å²) in [6, 6.07) is 0. The van der Waals surface area contributed by atoms with E-state index in [1.165, 1.54) is 44.6 Å². The van der Waals surface area contributed by atoms with Crippen LogP contribution in [0, 0.1) is 0 Å². The van der Waals surface area contributed by atoms with E-state index >= 15 is 0 Å². The van der Waals surface area contributed by atoms with E-state index in [1.54, 1.807) is 6.08 Å². The van der Waals surface area contributed by atoms with Crippen molar-refractivity contribution in [3.63, 3.8) is 0 Å². The molecule has 0 saturated heterocycles. The Balaban J connectivity index is 3.52. The molecule has 2 N–H and O–H groups in total. The van der Waals surface area contributed by atoms with Crippen molar-refractivity contribution in [3.8, 4) is 0 Å². The van der Waals surface area contributed by atoms with Crippen LogP contribution in [0.15, 0.2) is 24.3 Å². The van der Waals surface area contributed by atoms with Crippen molar-refractivity contribution in [2.45, 2.75) is 83.7 Å². The number of hydrogen-bond donors (Lipinski definition) is 2. The molecule has 0 radical (unpaired) electrons. The van der Waals surface area contributed by atoms with Gasteiger partial charge in [0, 0.05) is 6.08 Å². The normalized spacial score (nSPS) is 13.2. The van der Waals surface area contributed by atoms with Gasteiger partial charge in [-0.2, -0.15) is 0 Å². The number of aliphatic carboxylic acids is 1. The number of hydrogen-bond acceptors (Lipinski definition) is 3. The van der Waals surface area contributed by atoms with E-state index < -0.39 is 5.97 Å². The van der Waals surface area contributed by atoms with Gasteiger partial charge in [0.05, 0.1) is 6.10 Å². The highest BCUT2D eigenvalue weighted by atomic mass is 17.1. The van der Waals surface area contributed by atoms with Gasteiger partial charge in [-0.05, 0) is 25.7 Å². The zero-order chi connectivity index (χ0) is 16.5. The predicted molar refractivity (Wildman–Crippen MR) is 89.9 cm³/mol. The fraction of sp³-hybridized carbons (Fsp3) is 0.722. The Morgan fingerprint density at radius 1 is 1.00 bits per heavy atom. The summed E-state index contributed by atoms with van der Waals surface area (Å²) in [5.41, 5.74) is 0. The van der Waals surface area contributed by atoms with Crippen molar-refractivity contribution in [3.05, 3.63) is 24.3 Å². The molecule has 4 heteroatoms. The maximum Gasteiger partial charge on any atom is 0.328 e. The van der Waals surface area contributed by atoms with Gasteiger partial charge in [0.1, 0.15) is 0 Å². The van der Waals surface area contributed by atoms with E-state index in [2.05, 4.69) is 11.8 Å². The Bertz CT molecular complexity index is 310. The first-order valence-electron chi connectivity index (χ1n) is 8.57. The molecule has 0 aromatic carbocycles. The van der Waals surface area contributed by atoms with Gasteiger partial charge in [0.15, 0.2) is 0 Å². The second-order valence-electron chi connectivity index (χ2n) is 5.69. The van der Waals surface area contributed by atoms with Gasteiger partial charge in [0.25, 0.3) is 0 Å². The average Bonchev–Trinajstić information content (AvgIpc) is 2.50. The maximum atomic E-state index is 10.3. The summed E-state index contributed by atoms with van der Waals surface area (Å²) in [6.45, 7) is 2.22. The maximum absolute atomic E-state index is 10.3. The van der Waals surface area contributed by atoms with Crippen molar-refractivity contribution >= 4 is 5.97 Å². The lowest BCUT2D eigenvalue weighted by molar-refractivity contribution is -0.281. The highest BCUT2D eigenvalue weighted by Crippen LogP contribution is 2.14. The summed E-state index contributed by atoms with van der Waals surface area (Å²) in [7, 11) is 0. The van der Waals surface area contributed by atoms with Crippen molar-refractivity contribution in [1.29, 1.82) is 0 Å². The minimum Gasteiger partial charge on any atom is -0.478 e. The van der Waals surface area contributed by atoms with Crippen LogP contribution in [-0.2, 0) is 9.68 Å². The molecule has 0 spiro atoms. The highest BCUT2D eigenvalue weighted by molar-refractivity contribution is 5.80. The molecule has 0 aromatic rings. The lowest BCUT2D eigenvalue weighted by Gasteiger charge is -2.12. The molecule has 0 amide bonds. The largest absolute Gasteiger partial charge is 0.478 e. The van der Waals surface area contributed by atoms with Crippen LogP contribution in [0.3, 0.4) is 0 Å². The molecule has 0 rings (SSSR count). The molecule has 0 aliphatic heterocycles. The first-order valence-corrected chi connectivity index (χ1v) is 8.57. The summed E-state index contributed by atoms with van der Waals surface area (Å²) in [5.74, 6) is -0.937. The lowest BCUT2D eigenvalue weighted by Crippen LogP contribution is -2.10. The summed E-state index contributed by atoms with van der Waals surface area (Å²) in [6.07, 6.45) is 18.6. The summed E-state index contributed by atoms with van der Waals surface area (Å²) >= 11 is 0. The molecule has 0 fully saturated rings. The van der Waals surface area contributed by atoms with E-state index in [4.69, 9.17) is 10.4 Å². The lowest BCUT2D eigenvalue weighted by atomic mass is 10.0. The third-order valence-electron chi connectivity index (χ3n) is 3.66. The summed E-state index contributed by atoms with van der Waals surface area (Å²) in [5, 5.41) is 17.3. The molecule has 1 unspecified atom stereocenters. The van der Waals surface area contributed by atoms with E-state index in [0.717, 1.165) is 38.2 Å². The van der Waals surface area contributed by atoms with Crippen LogP contribution in [0.4, 0.5) is 0 Å². The van der Waals surface area contributed by atoms with Crippen molar-refractivity contribution in [1.82, 2.24) is 0 Å². The van der Waals surface area contributed by atoms with Crippen molar-refractivity contribution in [2.24, 2.45) is 0 Å². The second kappa shape index (κ2) is 16.2. The van der Waals surface area contributed by atoms with E-state index in [9.17, 15) is 4.79 Å². The summed E-state index contributed by atoms with van der Waals surface area (Å²) < 4.78 is 0. The van der Waals surface area contributed by atoms with Gasteiger partial charge < -0.3 is 5.11 Å². The quantitative estimate of drug-likeness (QED) is 0.141. The van der Waals surface area contributed by atoms with E-state index in [0.29, 0.717) is 0 Å². The Kier molecular flexibility index (Phi) is 15.4. The molecule has 1 atom stereocenters. The van der Waals surface area contributed by atoms with Crippen LogP contribution in [0.5, 0.6) is 0 Å². The number of carboxylic acids is 1. The fourth-order valence-electron chi connectivity index (χ4n) is 2.35. The molecular weight excluding hydrogens is 280 g/mol. The molecule has 0 heterocycles. The van der Waals surface area contributed by atoms with Gasteiger partial charge >= 0.3 is 5.97 Å². The number of allylic oxidation sites excluding steroid dienone is 3. The summed E-state index contributed by atoms with van der Waals surface area (Å²) in [4.78, 5) is 14.8. The standard InChI is InChI=1S/C18H32O4/c1-2-3-4-5-6-8-11-14-17(22-21)15-12-9-7-10-13-16-18(19)20/h7,10,13,16-17,21H,2-6,8-9,11-12,14-15H2,1H3,(H,19,20)/b10-7+,16-13+. The smallest absolute Gasteiger partial charge is 0.328 e. The zero-order valence-corrected chi connectivity index (χ0v) is 13.9. The number of carboxylic acid groups (broad SMARTS) is 1. The molecule has 4 nitrogen and oxygen atoms in total. The van der Waals surface area contributed by atoms with Gasteiger partial charge in [-0.3, -0.25) is 5.26 Å². The van der Waals surface area contributed by atoms with Crippen molar-refractivity contribution < 1.29 is 20.0 Å². The van der Waals surface area contributed by atoms with Crippen LogP contribution >= 0.6 is 0 Å². The van der Waals surface area contributed by atoms with E-state index in [1.807, 2.05) is 6.08 Å². The topological polar surface area (TPSA) is 66.8 Å². The molecule has 22 heavy (non-hydrogen) atoms. The van der Waals surface area contributed by atoms with Crippen LogP contribution < -0.4 is 0 Å². The molecule has 0 aliphatic rings. The Morgan fingerprint density at radius 2 is 1.64 bits per heavy atom. The molecule has 0 aromatic heterocycles. The van der Waals surface area contributed by atoms with Crippen LogP contribution in [-0.4, -0.2) is 22.4 Å². The third kappa shape index (κ3) is 15.3. The molecule has 0 aliphatic carbocycles. The highest BCUT2D eigenvalue weighted by Gasteiger charge is 2.07. The number of carbonyl (C=O) groups is 1. The molecule has 0 saturated carbocycles. The van der Waals surface area contributed by atoms with Crippen LogP contribution in [0.1, 0.15) is 77.6 Å². The van der Waals surface area contributed by atoms with Gasteiger partial charge in [-0.25, -0.2) is 9.68 Å². The van der Waals surface area contributed by atoms with Crippen molar-refractivity contribution in [2.75, 3.05) is 0 Å². The molecular formula is C18H32O4. The number of rotatable bonds is 15. The average molecular weight is 312 g/mol. The zero-order valence-electron chi connectivity index (χ0n) is 13.9. The monoisotopic (exact) mass is 312 g/mol. The van der Waals surface area contributed by atoms with E-state index in [-0.39, 0.29) is 6.10 Å². The predicted octanol–water partition coefficient (Wildman–Crippen LogP) is 5.35. The Hall–Kier alpha value is -1.13.